The van der Waals surface area contributed by atoms with Crippen LogP contribution in [0.5, 0.6) is 0 Å². The highest BCUT2D eigenvalue weighted by Gasteiger charge is 2.59. The van der Waals surface area contributed by atoms with Crippen molar-refractivity contribution in [2.24, 2.45) is 11.3 Å². The molecule has 0 saturated heterocycles. The molecule has 0 heterocycles. The smallest absolute Gasteiger partial charge is 0.258 e. The standard InChI is InChI=1S/C30H28F2N2O/c1-7-20-9-13-26(25(32)15-20)34-29(35)23-16-22(11-12-24(23)31)33-19(4)27-28(30(27,5)6)21-10-8-17(2)18(3)14-21/h1,8-16,27-28,33H,4H2,2-3,5-6H3,(H,34,35). The van der Waals surface area contributed by atoms with E-state index in [1.165, 1.54) is 41.0 Å². The molecular weight excluding hydrogens is 442 g/mol. The molecule has 0 bridgehead atoms. The number of nitrogens with one attached hydrogen (secondary N) is 2. The first-order chi connectivity index (χ1) is 16.5. The molecule has 3 aromatic rings. The second kappa shape index (κ2) is 9.03. The first-order valence-electron chi connectivity index (χ1n) is 11.4. The monoisotopic (exact) mass is 470 g/mol. The van der Waals surface area contributed by atoms with Crippen molar-refractivity contribution >= 4 is 17.3 Å². The largest absolute Gasteiger partial charge is 0.359 e. The Hall–Kier alpha value is -3.91. The number of amides is 1. The van der Waals surface area contributed by atoms with Gasteiger partial charge in [0, 0.05) is 22.9 Å². The summed E-state index contributed by atoms with van der Waals surface area (Å²) in [5, 5.41) is 5.67. The Morgan fingerprint density at radius 2 is 1.71 bits per heavy atom. The molecule has 1 aliphatic carbocycles. The van der Waals surface area contributed by atoms with E-state index >= 15 is 0 Å². The van der Waals surface area contributed by atoms with Gasteiger partial charge in [0.05, 0.1) is 11.3 Å². The van der Waals surface area contributed by atoms with E-state index < -0.39 is 17.5 Å². The van der Waals surface area contributed by atoms with Gasteiger partial charge in [0.15, 0.2) is 0 Å². The summed E-state index contributed by atoms with van der Waals surface area (Å²) in [6, 6.07) is 14.7. The molecule has 0 spiro atoms. The minimum atomic E-state index is -0.760. The Bertz CT molecular complexity index is 1380. The predicted octanol–water partition coefficient (Wildman–Crippen LogP) is 7.18. The molecular formula is C30H28F2N2O. The number of aryl methyl sites for hydroxylation is 2. The maximum atomic E-state index is 14.5. The van der Waals surface area contributed by atoms with Gasteiger partial charge in [-0.15, -0.1) is 6.42 Å². The minimum Gasteiger partial charge on any atom is -0.359 e. The normalized spacial score (nSPS) is 17.9. The van der Waals surface area contributed by atoms with Gasteiger partial charge in [0.25, 0.3) is 5.91 Å². The third kappa shape index (κ3) is 4.70. The third-order valence-electron chi connectivity index (χ3n) is 6.99. The van der Waals surface area contributed by atoms with E-state index in [9.17, 15) is 13.6 Å². The van der Waals surface area contributed by atoms with Crippen LogP contribution in [0.25, 0.3) is 0 Å². The lowest BCUT2D eigenvalue weighted by molar-refractivity contribution is 0.102. The summed E-state index contributed by atoms with van der Waals surface area (Å²) in [6.07, 6.45) is 5.27. The topological polar surface area (TPSA) is 41.1 Å². The maximum absolute atomic E-state index is 14.5. The quantitative estimate of drug-likeness (QED) is 0.375. The Balaban J connectivity index is 1.51. The van der Waals surface area contributed by atoms with Crippen LogP contribution in [0.4, 0.5) is 20.2 Å². The fourth-order valence-corrected chi connectivity index (χ4v) is 4.80. The highest BCUT2D eigenvalue weighted by atomic mass is 19.1. The first kappa shape index (κ1) is 24.2. The number of terminal acetylenes is 1. The number of hydrogen-bond acceptors (Lipinski definition) is 2. The van der Waals surface area contributed by atoms with Crippen LogP contribution in [0.15, 0.2) is 66.9 Å². The molecule has 35 heavy (non-hydrogen) atoms. The van der Waals surface area contributed by atoms with Crippen LogP contribution in [0, 0.1) is 49.2 Å². The molecule has 0 radical (unpaired) electrons. The van der Waals surface area contributed by atoms with Gasteiger partial charge < -0.3 is 10.6 Å². The molecule has 4 rings (SSSR count). The average molecular weight is 471 g/mol. The summed E-state index contributed by atoms with van der Waals surface area (Å²) in [4.78, 5) is 12.7. The van der Waals surface area contributed by atoms with Gasteiger partial charge in [-0.05, 0) is 78.3 Å². The van der Waals surface area contributed by atoms with Crippen molar-refractivity contribution in [3.63, 3.8) is 0 Å². The van der Waals surface area contributed by atoms with Crippen molar-refractivity contribution in [2.45, 2.75) is 33.6 Å². The van der Waals surface area contributed by atoms with Crippen molar-refractivity contribution in [1.29, 1.82) is 0 Å². The van der Waals surface area contributed by atoms with E-state index in [1.54, 1.807) is 6.07 Å². The summed E-state index contributed by atoms with van der Waals surface area (Å²) < 4.78 is 28.7. The number of halogens is 2. The molecule has 1 fully saturated rings. The number of anilines is 2. The Morgan fingerprint density at radius 3 is 2.37 bits per heavy atom. The van der Waals surface area contributed by atoms with Crippen LogP contribution in [0.3, 0.4) is 0 Å². The summed E-state index contributed by atoms with van der Waals surface area (Å²) in [6.45, 7) is 12.9. The number of carbonyl (C=O) groups is 1. The Kier molecular flexibility index (Phi) is 6.25. The van der Waals surface area contributed by atoms with Gasteiger partial charge in [-0.25, -0.2) is 8.78 Å². The lowest BCUT2D eigenvalue weighted by Crippen LogP contribution is -2.15. The SMILES string of the molecule is C#Cc1ccc(NC(=O)c2cc(NC(=C)C3C(c4ccc(C)c(C)c4)C3(C)C)ccc2F)c(F)c1. The summed E-state index contributed by atoms with van der Waals surface area (Å²) in [5.41, 5.74) is 5.18. The molecule has 3 nitrogen and oxygen atoms in total. The zero-order chi connectivity index (χ0) is 25.5. The number of hydrogen-bond donors (Lipinski definition) is 2. The van der Waals surface area contributed by atoms with Crippen molar-refractivity contribution in [2.75, 3.05) is 10.6 Å². The van der Waals surface area contributed by atoms with Gasteiger partial charge in [-0.1, -0.05) is 44.5 Å². The van der Waals surface area contributed by atoms with Crippen molar-refractivity contribution in [3.8, 4) is 12.3 Å². The van der Waals surface area contributed by atoms with E-state index in [0.717, 1.165) is 11.8 Å². The van der Waals surface area contributed by atoms with Crippen molar-refractivity contribution in [3.05, 3.63) is 106 Å². The fraction of sp³-hybridized carbons (Fsp3) is 0.233. The summed E-state index contributed by atoms with van der Waals surface area (Å²) >= 11 is 0. The number of benzene rings is 3. The van der Waals surface area contributed by atoms with Crippen molar-refractivity contribution < 1.29 is 13.6 Å². The molecule has 1 aliphatic rings. The number of rotatable bonds is 6. The van der Waals surface area contributed by atoms with E-state index in [-0.39, 0.29) is 22.6 Å². The lowest BCUT2D eigenvalue weighted by atomic mass is 9.99. The fourth-order valence-electron chi connectivity index (χ4n) is 4.80. The van der Waals surface area contributed by atoms with Gasteiger partial charge in [-0.3, -0.25) is 4.79 Å². The van der Waals surface area contributed by atoms with Crippen LogP contribution in [0.2, 0.25) is 0 Å². The van der Waals surface area contributed by atoms with E-state index in [0.29, 0.717) is 17.2 Å². The molecule has 0 aliphatic heterocycles. The molecule has 5 heteroatoms. The third-order valence-corrected chi connectivity index (χ3v) is 6.99. The summed E-state index contributed by atoms with van der Waals surface area (Å²) in [5.74, 6) is 0.646. The van der Waals surface area contributed by atoms with Gasteiger partial charge in [0.1, 0.15) is 11.6 Å². The molecule has 2 N–H and O–H groups in total. The molecule has 1 saturated carbocycles. The molecule has 2 atom stereocenters. The van der Waals surface area contributed by atoms with Gasteiger partial charge in [0.2, 0.25) is 0 Å². The number of carbonyl (C=O) groups excluding carboxylic acids is 1. The van der Waals surface area contributed by atoms with Gasteiger partial charge in [-0.2, -0.15) is 0 Å². The van der Waals surface area contributed by atoms with Crippen LogP contribution < -0.4 is 10.6 Å². The van der Waals surface area contributed by atoms with E-state index in [1.807, 2.05) is 0 Å². The molecule has 178 valence electrons. The predicted molar refractivity (Wildman–Crippen MR) is 137 cm³/mol. The Morgan fingerprint density at radius 1 is 0.971 bits per heavy atom. The average Bonchev–Trinajstić information content (AvgIpc) is 3.40. The number of allylic oxidation sites excluding steroid dienone is 1. The highest BCUT2D eigenvalue weighted by molar-refractivity contribution is 6.05. The minimum absolute atomic E-state index is 0.00803. The maximum Gasteiger partial charge on any atom is 0.258 e. The van der Waals surface area contributed by atoms with E-state index in [4.69, 9.17) is 6.42 Å². The van der Waals surface area contributed by atoms with Gasteiger partial charge >= 0.3 is 0 Å². The lowest BCUT2D eigenvalue weighted by Gasteiger charge is -2.13. The molecule has 0 aromatic heterocycles. The van der Waals surface area contributed by atoms with Crippen LogP contribution in [0.1, 0.15) is 52.4 Å². The first-order valence-corrected chi connectivity index (χ1v) is 11.4. The molecule has 1 amide bonds. The zero-order valence-corrected chi connectivity index (χ0v) is 20.3. The highest BCUT2D eigenvalue weighted by Crippen LogP contribution is 2.67. The summed E-state index contributed by atoms with van der Waals surface area (Å²) in [7, 11) is 0. The second-order valence-electron chi connectivity index (χ2n) is 9.76. The zero-order valence-electron chi connectivity index (χ0n) is 20.3. The Labute approximate surface area is 205 Å². The van der Waals surface area contributed by atoms with Crippen LogP contribution in [-0.2, 0) is 0 Å². The second-order valence-corrected chi connectivity index (χ2v) is 9.76. The molecule has 2 unspecified atom stereocenters. The van der Waals surface area contributed by atoms with Crippen LogP contribution in [-0.4, -0.2) is 5.91 Å². The van der Waals surface area contributed by atoms with Crippen LogP contribution >= 0.6 is 0 Å². The molecule has 3 aromatic carbocycles. The van der Waals surface area contributed by atoms with E-state index in [2.05, 4.69) is 69.0 Å². The van der Waals surface area contributed by atoms with Crippen molar-refractivity contribution in [1.82, 2.24) is 0 Å².